The molecule has 0 fully saturated rings. The lowest BCUT2D eigenvalue weighted by atomic mass is 10.3. The number of carbonyl (C=O) groups excluding carboxylic acids is 2. The quantitative estimate of drug-likeness (QED) is 0.805. The summed E-state index contributed by atoms with van der Waals surface area (Å²) in [4.78, 5) is 27.6. The van der Waals surface area contributed by atoms with Gasteiger partial charge in [-0.3, -0.25) is 4.57 Å². The van der Waals surface area contributed by atoms with Crippen LogP contribution in [0.4, 0.5) is 4.79 Å². The number of methoxy groups -OCH3 is 1. The molecule has 8 heteroatoms. The highest BCUT2D eigenvalue weighted by Crippen LogP contribution is 2.21. The molecule has 116 valence electrons. The van der Waals surface area contributed by atoms with E-state index >= 15 is 0 Å². The van der Waals surface area contributed by atoms with E-state index < -0.39 is 12.1 Å². The van der Waals surface area contributed by atoms with Crippen molar-refractivity contribution in [3.05, 3.63) is 45.2 Å². The molecule has 2 aromatic rings. The Bertz CT molecular complexity index is 766. The van der Waals surface area contributed by atoms with Crippen molar-refractivity contribution in [3.8, 4) is 5.69 Å². The number of esters is 1. The molecule has 0 aliphatic rings. The van der Waals surface area contributed by atoms with Gasteiger partial charge in [0.15, 0.2) is 0 Å². The average Bonchev–Trinajstić information content (AvgIpc) is 2.90. The van der Waals surface area contributed by atoms with Crippen LogP contribution in [0.15, 0.2) is 34.6 Å². The largest absolute Gasteiger partial charge is 0.464 e. The average molecular weight is 341 g/mol. The van der Waals surface area contributed by atoms with Crippen molar-refractivity contribution in [2.24, 2.45) is 4.99 Å². The van der Waals surface area contributed by atoms with E-state index in [9.17, 15) is 9.59 Å². The highest BCUT2D eigenvalue weighted by atomic mass is 35.5. The first-order valence-corrected chi connectivity index (χ1v) is 7.59. The minimum Gasteiger partial charge on any atom is -0.464 e. The highest BCUT2D eigenvalue weighted by molar-refractivity contribution is 7.07. The second-order valence-electron chi connectivity index (χ2n) is 3.99. The Morgan fingerprint density at radius 3 is 2.73 bits per heavy atom. The van der Waals surface area contributed by atoms with Gasteiger partial charge < -0.3 is 9.47 Å². The van der Waals surface area contributed by atoms with E-state index in [4.69, 9.17) is 21.1 Å². The zero-order valence-corrected chi connectivity index (χ0v) is 13.5. The van der Waals surface area contributed by atoms with Gasteiger partial charge >= 0.3 is 12.1 Å². The number of rotatable bonds is 3. The zero-order chi connectivity index (χ0) is 16.1. The van der Waals surface area contributed by atoms with Crippen LogP contribution in [-0.4, -0.2) is 30.3 Å². The first-order chi connectivity index (χ1) is 10.6. The molecule has 2 rings (SSSR count). The number of halogens is 1. The summed E-state index contributed by atoms with van der Waals surface area (Å²) >= 11 is 7.29. The number of ether oxygens (including phenoxy) is 2. The summed E-state index contributed by atoms with van der Waals surface area (Å²) in [6, 6.07) is 6.92. The fraction of sp³-hybridized carbons (Fsp3) is 0.214. The molecule has 0 saturated carbocycles. The monoisotopic (exact) mass is 340 g/mol. The molecule has 0 atom stereocenters. The summed E-state index contributed by atoms with van der Waals surface area (Å²) < 4.78 is 11.0. The molecule has 0 N–H and O–H groups in total. The number of amides is 1. The maximum atomic E-state index is 11.9. The molecule has 0 saturated heterocycles. The van der Waals surface area contributed by atoms with Crippen LogP contribution in [0.5, 0.6) is 0 Å². The minimum atomic E-state index is -0.735. The predicted molar refractivity (Wildman–Crippen MR) is 82.6 cm³/mol. The maximum Gasteiger partial charge on any atom is 0.436 e. The van der Waals surface area contributed by atoms with E-state index in [2.05, 4.69) is 4.99 Å². The molecule has 22 heavy (non-hydrogen) atoms. The topological polar surface area (TPSA) is 69.9 Å². The Morgan fingerprint density at radius 1 is 1.36 bits per heavy atom. The molecular formula is C14H13ClN2O4S. The van der Waals surface area contributed by atoms with Gasteiger partial charge in [0.1, 0.15) is 5.69 Å². The summed E-state index contributed by atoms with van der Waals surface area (Å²) in [5.41, 5.74) is 0.748. The lowest BCUT2D eigenvalue weighted by Crippen LogP contribution is -2.21. The second kappa shape index (κ2) is 7.24. The van der Waals surface area contributed by atoms with Crippen LogP contribution >= 0.6 is 22.9 Å². The summed E-state index contributed by atoms with van der Waals surface area (Å²) in [6.45, 7) is 1.90. The van der Waals surface area contributed by atoms with Crippen molar-refractivity contribution in [2.75, 3.05) is 13.7 Å². The van der Waals surface area contributed by atoms with Crippen LogP contribution in [0.2, 0.25) is 5.02 Å². The van der Waals surface area contributed by atoms with Crippen LogP contribution in [0.1, 0.15) is 17.4 Å². The summed E-state index contributed by atoms with van der Waals surface area (Å²) in [6.07, 6.45) is -0.735. The van der Waals surface area contributed by atoms with Crippen LogP contribution in [0.3, 0.4) is 0 Å². The highest BCUT2D eigenvalue weighted by Gasteiger charge is 2.18. The molecule has 1 aromatic heterocycles. The van der Waals surface area contributed by atoms with Crippen molar-refractivity contribution >= 4 is 35.0 Å². The number of carbonyl (C=O) groups is 2. The van der Waals surface area contributed by atoms with Gasteiger partial charge in [-0.25, -0.2) is 9.59 Å². The Hall–Kier alpha value is -2.12. The lowest BCUT2D eigenvalue weighted by molar-refractivity contribution is 0.0591. The SMILES string of the molecule is CCOC(=O)N=c1scc(C(=O)OC)n1-c1ccccc1Cl. The smallest absolute Gasteiger partial charge is 0.436 e. The van der Waals surface area contributed by atoms with Crippen LogP contribution in [0, 0.1) is 0 Å². The molecule has 1 aromatic carbocycles. The molecule has 0 radical (unpaired) electrons. The van der Waals surface area contributed by atoms with Gasteiger partial charge in [0.2, 0.25) is 4.80 Å². The molecule has 1 heterocycles. The van der Waals surface area contributed by atoms with Gasteiger partial charge in [0.05, 0.1) is 24.4 Å². The standard InChI is InChI=1S/C14H13ClN2O4S/c1-3-21-14(19)16-13-17(10-7-5-4-6-9(10)15)11(8-22-13)12(18)20-2/h4-8H,3H2,1-2H3. The number of aromatic nitrogens is 1. The van der Waals surface area contributed by atoms with E-state index in [1.165, 1.54) is 11.7 Å². The van der Waals surface area contributed by atoms with Crippen LogP contribution < -0.4 is 4.80 Å². The third kappa shape index (κ3) is 3.37. The number of nitrogens with zero attached hydrogens (tertiary/aromatic N) is 2. The molecule has 6 nitrogen and oxygen atoms in total. The third-order valence-electron chi connectivity index (χ3n) is 2.65. The van der Waals surface area contributed by atoms with E-state index in [-0.39, 0.29) is 17.1 Å². The number of thiazole rings is 1. The number of benzene rings is 1. The lowest BCUT2D eigenvalue weighted by Gasteiger charge is -2.09. The number of hydrogen-bond acceptors (Lipinski definition) is 5. The zero-order valence-electron chi connectivity index (χ0n) is 11.9. The second-order valence-corrected chi connectivity index (χ2v) is 5.24. The molecule has 0 unspecified atom stereocenters. The molecule has 1 amide bonds. The van der Waals surface area contributed by atoms with Crippen molar-refractivity contribution in [3.63, 3.8) is 0 Å². The van der Waals surface area contributed by atoms with Gasteiger partial charge in [-0.05, 0) is 19.1 Å². The molecule has 0 aliphatic carbocycles. The van der Waals surface area contributed by atoms with Gasteiger partial charge in [-0.15, -0.1) is 16.3 Å². The number of hydrogen-bond donors (Lipinski definition) is 0. The van der Waals surface area contributed by atoms with E-state index in [0.717, 1.165) is 11.3 Å². The van der Waals surface area contributed by atoms with Crippen molar-refractivity contribution in [2.45, 2.75) is 6.92 Å². The van der Waals surface area contributed by atoms with E-state index in [1.807, 2.05) is 0 Å². The third-order valence-corrected chi connectivity index (χ3v) is 3.80. The molecular weight excluding hydrogens is 328 g/mol. The normalized spacial score (nSPS) is 11.3. The van der Waals surface area contributed by atoms with Crippen molar-refractivity contribution in [1.82, 2.24) is 4.57 Å². The Morgan fingerprint density at radius 2 is 2.09 bits per heavy atom. The molecule has 0 bridgehead atoms. The van der Waals surface area contributed by atoms with Gasteiger partial charge in [-0.2, -0.15) is 0 Å². The minimum absolute atomic E-state index is 0.212. The fourth-order valence-electron chi connectivity index (χ4n) is 1.74. The number of para-hydroxylation sites is 1. The van der Waals surface area contributed by atoms with E-state index in [0.29, 0.717) is 10.7 Å². The Labute approximate surface area is 135 Å². The first-order valence-electron chi connectivity index (χ1n) is 6.33. The summed E-state index contributed by atoms with van der Waals surface area (Å²) in [7, 11) is 1.28. The van der Waals surface area contributed by atoms with Crippen LogP contribution in [-0.2, 0) is 9.47 Å². The molecule has 0 aliphatic heterocycles. The predicted octanol–water partition coefficient (Wildman–Crippen LogP) is 3.04. The maximum absolute atomic E-state index is 11.9. The van der Waals surface area contributed by atoms with Gasteiger partial charge in [0, 0.05) is 5.38 Å². The van der Waals surface area contributed by atoms with Crippen LogP contribution in [0.25, 0.3) is 5.69 Å². The van der Waals surface area contributed by atoms with E-state index in [1.54, 1.807) is 36.6 Å². The molecule has 0 spiro atoms. The van der Waals surface area contributed by atoms with Crippen molar-refractivity contribution < 1.29 is 19.1 Å². The fourth-order valence-corrected chi connectivity index (χ4v) is 2.81. The van der Waals surface area contributed by atoms with Gasteiger partial charge in [-0.1, -0.05) is 23.7 Å². The van der Waals surface area contributed by atoms with Gasteiger partial charge in [0.25, 0.3) is 0 Å². The Balaban J connectivity index is 2.67. The summed E-state index contributed by atoms with van der Waals surface area (Å²) in [5.74, 6) is -0.554. The first kappa shape index (κ1) is 16.3. The van der Waals surface area contributed by atoms with Crippen molar-refractivity contribution in [1.29, 1.82) is 0 Å². The Kier molecular flexibility index (Phi) is 5.35. The summed E-state index contributed by atoms with van der Waals surface area (Å²) in [5, 5.41) is 1.96.